The van der Waals surface area contributed by atoms with E-state index in [1.807, 2.05) is 0 Å². The molecule has 0 aliphatic heterocycles. The lowest BCUT2D eigenvalue weighted by Crippen LogP contribution is -2.15. The highest BCUT2D eigenvalue weighted by Gasteiger charge is 2.13. The second kappa shape index (κ2) is 20.8. The molecule has 0 heterocycles. The summed E-state index contributed by atoms with van der Waals surface area (Å²) >= 11 is 1.55. The van der Waals surface area contributed by atoms with Crippen LogP contribution in [-0.4, -0.2) is 35.9 Å². The Hall–Kier alpha value is -0.910. The van der Waals surface area contributed by atoms with Gasteiger partial charge >= 0.3 is 5.97 Å². The number of hydrogen-bond acceptors (Lipinski definition) is 6. The Morgan fingerprint density at radius 2 is 1.39 bits per heavy atom. The van der Waals surface area contributed by atoms with E-state index in [-0.39, 0.29) is 11.8 Å². The number of esters is 1. The molecule has 0 fully saturated rings. The summed E-state index contributed by atoms with van der Waals surface area (Å²) in [6.45, 7) is 4.15. The molecule has 0 spiro atoms. The van der Waals surface area contributed by atoms with Crippen LogP contribution in [0, 0.1) is 4.91 Å². The second-order valence-corrected chi connectivity index (χ2v) is 8.72. The van der Waals surface area contributed by atoms with Gasteiger partial charge in [-0.15, -0.1) is 0 Å². The van der Waals surface area contributed by atoms with E-state index < -0.39 is 6.04 Å². The minimum absolute atomic E-state index is 0.160. The third-order valence-electron chi connectivity index (χ3n) is 4.84. The molecule has 0 aromatic heterocycles. The Labute approximate surface area is 176 Å². The van der Waals surface area contributed by atoms with Gasteiger partial charge in [-0.1, -0.05) is 82.7 Å². The molecule has 0 N–H and O–H groups in total. The summed E-state index contributed by atoms with van der Waals surface area (Å²) in [6, 6.07) is -0.745. The molecule has 0 aliphatic carbocycles. The van der Waals surface area contributed by atoms with Crippen LogP contribution in [0.4, 0.5) is 0 Å². The number of thioether (sulfide) groups is 1. The van der Waals surface area contributed by atoms with E-state index in [0.717, 1.165) is 12.8 Å². The number of hydrogen-bond donors (Lipinski definition) is 0. The normalized spacial score (nSPS) is 11.9. The minimum atomic E-state index is -0.745. The van der Waals surface area contributed by atoms with E-state index in [4.69, 9.17) is 4.74 Å². The third kappa shape index (κ3) is 18.5. The summed E-state index contributed by atoms with van der Waals surface area (Å²) in [5, 5.41) is 2.81. The molecule has 0 rings (SSSR count). The van der Waals surface area contributed by atoms with Gasteiger partial charge in [0.1, 0.15) is 0 Å². The average Bonchev–Trinajstić information content (AvgIpc) is 2.68. The maximum absolute atomic E-state index is 11.6. The molecule has 0 aromatic carbocycles. The minimum Gasteiger partial charge on any atom is -0.466 e. The number of carbonyl (C=O) groups is 2. The number of nitrogens with zero attached hydrogens (tertiary/aromatic N) is 1. The zero-order chi connectivity index (χ0) is 20.9. The number of rotatable bonds is 21. The molecule has 1 unspecified atom stereocenters. The molecule has 0 aromatic rings. The molecule has 0 amide bonds. The first-order valence-corrected chi connectivity index (χ1v) is 12.3. The maximum Gasteiger partial charge on any atom is 0.306 e. The van der Waals surface area contributed by atoms with Gasteiger partial charge in [-0.05, 0) is 25.5 Å². The second-order valence-electron chi connectivity index (χ2n) is 7.49. The molecule has 0 saturated heterocycles. The first-order valence-electron chi connectivity index (χ1n) is 11.2. The van der Waals surface area contributed by atoms with Crippen LogP contribution < -0.4 is 0 Å². The zero-order valence-electron chi connectivity index (χ0n) is 18.1. The highest BCUT2D eigenvalue weighted by Crippen LogP contribution is 2.12. The molecule has 1 atom stereocenters. The van der Waals surface area contributed by atoms with Gasteiger partial charge in [-0.25, -0.2) is 0 Å². The van der Waals surface area contributed by atoms with Gasteiger partial charge in [0.15, 0.2) is 11.8 Å². The van der Waals surface area contributed by atoms with Gasteiger partial charge < -0.3 is 4.74 Å². The van der Waals surface area contributed by atoms with Crippen LogP contribution in [0.25, 0.3) is 0 Å². The Kier molecular flexibility index (Phi) is 20.1. The molecule has 0 aliphatic rings. The molecule has 164 valence electrons. The topological polar surface area (TPSA) is 72.8 Å². The molecule has 6 heteroatoms. The maximum atomic E-state index is 11.6. The van der Waals surface area contributed by atoms with Crippen molar-refractivity contribution in [1.29, 1.82) is 0 Å². The van der Waals surface area contributed by atoms with Crippen molar-refractivity contribution < 1.29 is 14.3 Å². The van der Waals surface area contributed by atoms with Crippen LogP contribution in [0.15, 0.2) is 5.18 Å². The predicted molar refractivity (Wildman–Crippen MR) is 119 cm³/mol. The fraction of sp³-hybridized carbons (Fsp3) is 0.909. The summed E-state index contributed by atoms with van der Waals surface area (Å²) in [6.07, 6.45) is 16.3. The largest absolute Gasteiger partial charge is 0.466 e. The SMILES string of the molecule is CCCCCCCCCCCCCCOC(=O)CCSCCC(N=O)C(C)=O. The highest BCUT2D eigenvalue weighted by atomic mass is 32.2. The lowest BCUT2D eigenvalue weighted by Gasteiger charge is -2.06. The third-order valence-corrected chi connectivity index (χ3v) is 5.86. The van der Waals surface area contributed by atoms with E-state index in [0.29, 0.717) is 31.0 Å². The molecular weight excluding hydrogens is 374 g/mol. The smallest absolute Gasteiger partial charge is 0.306 e. The van der Waals surface area contributed by atoms with Crippen molar-refractivity contribution in [3.05, 3.63) is 4.91 Å². The van der Waals surface area contributed by atoms with Gasteiger partial charge in [0, 0.05) is 5.75 Å². The van der Waals surface area contributed by atoms with Gasteiger partial charge in [0.25, 0.3) is 0 Å². The quantitative estimate of drug-likeness (QED) is 0.122. The van der Waals surface area contributed by atoms with Crippen molar-refractivity contribution in [3.63, 3.8) is 0 Å². The highest BCUT2D eigenvalue weighted by molar-refractivity contribution is 7.99. The standard InChI is InChI=1S/C22H41NO4S/c1-3-4-5-6-7-8-9-10-11-12-13-14-17-27-22(25)16-19-28-18-15-21(23-26)20(2)24/h21H,3-19H2,1-2H3. The van der Waals surface area contributed by atoms with E-state index >= 15 is 0 Å². The number of carbonyl (C=O) groups excluding carboxylic acids is 2. The first kappa shape index (κ1) is 27.1. The van der Waals surface area contributed by atoms with E-state index in [2.05, 4.69) is 12.1 Å². The van der Waals surface area contributed by atoms with Crippen molar-refractivity contribution in [2.45, 2.75) is 110 Å². The fourth-order valence-electron chi connectivity index (χ4n) is 2.98. The van der Waals surface area contributed by atoms with Crippen molar-refractivity contribution in [3.8, 4) is 0 Å². The Morgan fingerprint density at radius 3 is 1.89 bits per heavy atom. The van der Waals surface area contributed by atoms with E-state index in [9.17, 15) is 14.5 Å². The zero-order valence-corrected chi connectivity index (χ0v) is 18.9. The Balaban J connectivity index is 3.29. The summed E-state index contributed by atoms with van der Waals surface area (Å²) in [4.78, 5) is 33.2. The number of ether oxygens (including phenoxy) is 1. The summed E-state index contributed by atoms with van der Waals surface area (Å²) in [5.41, 5.74) is 0. The van der Waals surface area contributed by atoms with E-state index in [1.165, 1.54) is 71.1 Å². The lowest BCUT2D eigenvalue weighted by molar-refractivity contribution is -0.143. The monoisotopic (exact) mass is 415 g/mol. The first-order chi connectivity index (χ1) is 13.6. The fourth-order valence-corrected chi connectivity index (χ4v) is 3.89. The van der Waals surface area contributed by atoms with Gasteiger partial charge in [0.2, 0.25) is 0 Å². The molecule has 0 bridgehead atoms. The molecule has 0 saturated carbocycles. The van der Waals surface area contributed by atoms with Gasteiger partial charge in [-0.3, -0.25) is 9.59 Å². The van der Waals surface area contributed by atoms with Crippen LogP contribution in [-0.2, 0) is 14.3 Å². The van der Waals surface area contributed by atoms with Crippen molar-refractivity contribution in [2.24, 2.45) is 5.18 Å². The number of ketones is 1. The number of nitroso groups, excluding NO2 is 1. The molecule has 0 radical (unpaired) electrons. The van der Waals surface area contributed by atoms with Crippen LogP contribution >= 0.6 is 11.8 Å². The molecule has 5 nitrogen and oxygen atoms in total. The van der Waals surface area contributed by atoms with Crippen LogP contribution in [0.2, 0.25) is 0 Å². The van der Waals surface area contributed by atoms with E-state index in [1.54, 1.807) is 11.8 Å². The van der Waals surface area contributed by atoms with Crippen LogP contribution in [0.5, 0.6) is 0 Å². The summed E-state index contributed by atoms with van der Waals surface area (Å²) in [7, 11) is 0. The lowest BCUT2D eigenvalue weighted by atomic mass is 10.1. The van der Waals surface area contributed by atoms with Gasteiger partial charge in [-0.2, -0.15) is 16.7 Å². The average molecular weight is 416 g/mol. The number of unbranched alkanes of at least 4 members (excludes halogenated alkanes) is 11. The molecule has 28 heavy (non-hydrogen) atoms. The Morgan fingerprint density at radius 1 is 0.857 bits per heavy atom. The molecular formula is C22H41NO4S. The van der Waals surface area contributed by atoms with Gasteiger partial charge in [0.05, 0.1) is 13.0 Å². The summed E-state index contributed by atoms with van der Waals surface area (Å²) < 4.78 is 5.25. The van der Waals surface area contributed by atoms with Crippen LogP contribution in [0.1, 0.15) is 104 Å². The van der Waals surface area contributed by atoms with Crippen molar-refractivity contribution >= 4 is 23.5 Å². The predicted octanol–water partition coefficient (Wildman–Crippen LogP) is 6.47. The van der Waals surface area contributed by atoms with Crippen LogP contribution in [0.3, 0.4) is 0 Å². The number of Topliss-reactive ketones (excluding diaryl/α,β-unsaturated/α-hetero) is 1. The summed E-state index contributed by atoms with van der Waals surface area (Å²) in [5.74, 6) is 0.951. The Bertz CT molecular complexity index is 404. The van der Waals surface area contributed by atoms with Crippen molar-refractivity contribution in [1.82, 2.24) is 0 Å². The van der Waals surface area contributed by atoms with Crippen molar-refractivity contribution in [2.75, 3.05) is 18.1 Å².